The van der Waals surface area contributed by atoms with E-state index in [1.165, 1.54) is 7.11 Å². The van der Waals surface area contributed by atoms with Crippen molar-refractivity contribution in [1.82, 2.24) is 0 Å². The lowest BCUT2D eigenvalue weighted by molar-refractivity contribution is -0.123. The van der Waals surface area contributed by atoms with E-state index in [4.69, 9.17) is 4.74 Å². The van der Waals surface area contributed by atoms with Crippen LogP contribution in [-0.4, -0.2) is 32.2 Å². The van der Waals surface area contributed by atoms with Gasteiger partial charge in [-0.25, -0.2) is 4.90 Å². The van der Waals surface area contributed by atoms with Crippen LogP contribution < -0.4 is 9.64 Å². The molecule has 1 atom stereocenters. The first kappa shape index (κ1) is 16.7. The summed E-state index contributed by atoms with van der Waals surface area (Å²) in [6, 6.07) is 6.45. The minimum absolute atomic E-state index is 0.0775. The number of carbonyl (C=O) groups excluding carboxylic acids is 2. The molecule has 1 aromatic carbocycles. The lowest BCUT2D eigenvalue weighted by Gasteiger charge is -2.25. The summed E-state index contributed by atoms with van der Waals surface area (Å²) >= 11 is 0. The van der Waals surface area contributed by atoms with Gasteiger partial charge in [0.1, 0.15) is 5.75 Å². The van der Waals surface area contributed by atoms with Gasteiger partial charge in [0.15, 0.2) is 4.86 Å². The predicted molar refractivity (Wildman–Crippen MR) is 89.5 cm³/mol. The van der Waals surface area contributed by atoms with Gasteiger partial charge in [-0.15, -0.1) is 0 Å². The molecule has 3 rings (SSSR count). The molecule has 0 spiro atoms. The van der Waals surface area contributed by atoms with E-state index in [-0.39, 0.29) is 10.8 Å². The second-order valence-corrected chi connectivity index (χ2v) is 7.06. The van der Waals surface area contributed by atoms with Crippen LogP contribution in [0.1, 0.15) is 32.1 Å². The van der Waals surface area contributed by atoms with Gasteiger partial charge in [0.2, 0.25) is 16.2 Å². The number of amides is 2. The smallest absolute Gasteiger partial charge is 0.277 e. The standard InChI is InChI=1S/C17H19NO5S/c1-23-13-9-7-12(8-10-13)18-16(19)14(11-5-3-2-4-6-11)15(17(18)20)24(21)22/h7-11,14H,2-6H2,1H3. The van der Waals surface area contributed by atoms with Crippen LogP contribution in [-0.2, 0) is 19.9 Å². The van der Waals surface area contributed by atoms with Crippen molar-refractivity contribution < 1.29 is 22.7 Å². The summed E-state index contributed by atoms with van der Waals surface area (Å²) in [6.45, 7) is 0. The average Bonchev–Trinajstić information content (AvgIpc) is 2.86. The number of nitrogens with zero attached hydrogens (tertiary/aromatic N) is 1. The second-order valence-electron chi connectivity index (χ2n) is 6.15. The van der Waals surface area contributed by atoms with Crippen LogP contribution in [0.4, 0.5) is 5.69 Å². The predicted octanol–water partition coefficient (Wildman–Crippen LogP) is 1.82. The van der Waals surface area contributed by atoms with Crippen molar-refractivity contribution in [3.8, 4) is 5.75 Å². The molecule has 2 aliphatic rings. The van der Waals surface area contributed by atoms with Gasteiger partial charge >= 0.3 is 0 Å². The van der Waals surface area contributed by atoms with E-state index in [2.05, 4.69) is 0 Å². The Morgan fingerprint density at radius 1 is 1.04 bits per heavy atom. The highest BCUT2D eigenvalue weighted by Crippen LogP contribution is 2.37. The molecule has 0 bridgehead atoms. The molecule has 0 radical (unpaired) electrons. The van der Waals surface area contributed by atoms with Crippen molar-refractivity contribution >= 4 is 32.7 Å². The number of benzene rings is 1. The fourth-order valence-electron chi connectivity index (χ4n) is 3.63. The number of ether oxygens (including phenoxy) is 1. The average molecular weight is 349 g/mol. The first-order valence-electron chi connectivity index (χ1n) is 8.03. The molecular weight excluding hydrogens is 330 g/mol. The Bertz CT molecular complexity index is 783. The zero-order valence-corrected chi connectivity index (χ0v) is 14.2. The van der Waals surface area contributed by atoms with Crippen LogP contribution in [0.15, 0.2) is 24.3 Å². The van der Waals surface area contributed by atoms with Crippen molar-refractivity contribution in [2.75, 3.05) is 12.0 Å². The number of rotatable bonds is 3. The van der Waals surface area contributed by atoms with E-state index in [0.717, 1.165) is 37.0 Å². The molecule has 2 amide bonds. The van der Waals surface area contributed by atoms with Gasteiger partial charge in [0.25, 0.3) is 5.91 Å². The lowest BCUT2D eigenvalue weighted by atomic mass is 9.79. The highest BCUT2D eigenvalue weighted by Gasteiger charge is 2.50. The Morgan fingerprint density at radius 2 is 1.67 bits per heavy atom. The Kier molecular flexibility index (Phi) is 4.71. The SMILES string of the molecule is COc1ccc(N2C(=O)C(=S(=O)=O)C(C3CCCCC3)C2=O)cc1. The van der Waals surface area contributed by atoms with Gasteiger partial charge in [-0.05, 0) is 43.0 Å². The van der Waals surface area contributed by atoms with Crippen molar-refractivity contribution in [3.05, 3.63) is 24.3 Å². The van der Waals surface area contributed by atoms with E-state index in [9.17, 15) is 18.0 Å². The van der Waals surface area contributed by atoms with Crippen LogP contribution in [0, 0.1) is 11.8 Å². The van der Waals surface area contributed by atoms with Crippen molar-refractivity contribution in [2.24, 2.45) is 11.8 Å². The number of carbonyl (C=O) groups is 2. The maximum absolute atomic E-state index is 12.9. The van der Waals surface area contributed by atoms with Gasteiger partial charge < -0.3 is 4.74 Å². The van der Waals surface area contributed by atoms with Crippen LogP contribution >= 0.6 is 0 Å². The zero-order chi connectivity index (χ0) is 17.3. The number of hydrogen-bond donors (Lipinski definition) is 0. The maximum Gasteiger partial charge on any atom is 0.277 e. The molecule has 1 unspecified atom stereocenters. The van der Waals surface area contributed by atoms with Gasteiger partial charge in [0, 0.05) is 0 Å². The molecule has 1 heterocycles. The summed E-state index contributed by atoms with van der Waals surface area (Å²) in [6.07, 6.45) is 4.57. The molecule has 1 aromatic rings. The van der Waals surface area contributed by atoms with Gasteiger partial charge in [-0.1, -0.05) is 19.3 Å². The van der Waals surface area contributed by atoms with Crippen molar-refractivity contribution in [1.29, 1.82) is 0 Å². The Hall–Kier alpha value is -2.15. The van der Waals surface area contributed by atoms with Crippen LogP contribution in [0.5, 0.6) is 5.75 Å². The fourth-order valence-corrected chi connectivity index (χ4v) is 4.36. The first-order chi connectivity index (χ1) is 11.5. The Morgan fingerprint density at radius 3 is 2.21 bits per heavy atom. The van der Waals surface area contributed by atoms with E-state index in [1.807, 2.05) is 0 Å². The largest absolute Gasteiger partial charge is 0.497 e. The summed E-state index contributed by atoms with van der Waals surface area (Å²) < 4.78 is 28.3. The summed E-state index contributed by atoms with van der Waals surface area (Å²) in [7, 11) is -1.17. The molecule has 1 aliphatic carbocycles. The molecule has 128 valence electrons. The highest BCUT2D eigenvalue weighted by molar-refractivity contribution is 7.75. The van der Waals surface area contributed by atoms with Gasteiger partial charge in [-0.2, -0.15) is 8.42 Å². The molecule has 6 nitrogen and oxygen atoms in total. The second kappa shape index (κ2) is 6.76. The van der Waals surface area contributed by atoms with Crippen LogP contribution in [0.3, 0.4) is 0 Å². The topological polar surface area (TPSA) is 80.8 Å². The Labute approximate surface area is 141 Å². The molecule has 1 aliphatic heterocycles. The summed E-state index contributed by atoms with van der Waals surface area (Å²) in [4.78, 5) is 26.2. The number of anilines is 1. The molecule has 24 heavy (non-hydrogen) atoms. The third-order valence-electron chi connectivity index (χ3n) is 4.81. The summed E-state index contributed by atoms with van der Waals surface area (Å²) in [5.41, 5.74) is 0.368. The van der Waals surface area contributed by atoms with E-state index >= 15 is 0 Å². The Balaban J connectivity index is 2.01. The molecule has 7 heteroatoms. The summed E-state index contributed by atoms with van der Waals surface area (Å²) in [5.74, 6) is -1.49. The molecule has 1 saturated carbocycles. The minimum Gasteiger partial charge on any atom is -0.497 e. The zero-order valence-electron chi connectivity index (χ0n) is 13.4. The monoisotopic (exact) mass is 349 g/mol. The number of hydrogen-bond acceptors (Lipinski definition) is 5. The molecule has 0 aromatic heterocycles. The lowest BCUT2D eigenvalue weighted by Crippen LogP contribution is -2.32. The van der Waals surface area contributed by atoms with Crippen molar-refractivity contribution in [2.45, 2.75) is 32.1 Å². The number of imide groups is 1. The number of methoxy groups -OCH3 is 1. The van der Waals surface area contributed by atoms with Gasteiger partial charge in [-0.3, -0.25) is 9.59 Å². The van der Waals surface area contributed by atoms with Crippen molar-refractivity contribution in [3.63, 3.8) is 0 Å². The maximum atomic E-state index is 12.9. The highest BCUT2D eigenvalue weighted by atomic mass is 32.2. The van der Waals surface area contributed by atoms with Gasteiger partial charge in [0.05, 0.1) is 18.7 Å². The molecule has 0 N–H and O–H groups in total. The summed E-state index contributed by atoms with van der Waals surface area (Å²) in [5, 5.41) is 0. The third-order valence-corrected chi connectivity index (χ3v) is 5.60. The first-order valence-corrected chi connectivity index (χ1v) is 9.10. The molecule has 1 saturated heterocycles. The van der Waals surface area contributed by atoms with E-state index < -0.39 is 28.0 Å². The van der Waals surface area contributed by atoms with Crippen LogP contribution in [0.25, 0.3) is 0 Å². The minimum atomic E-state index is -2.69. The quantitative estimate of drug-likeness (QED) is 0.614. The normalized spacial score (nSPS) is 22.1. The van der Waals surface area contributed by atoms with E-state index in [0.29, 0.717) is 11.4 Å². The fraction of sp³-hybridized carbons (Fsp3) is 0.471. The van der Waals surface area contributed by atoms with E-state index in [1.54, 1.807) is 24.3 Å². The molecule has 2 fully saturated rings. The third kappa shape index (κ3) is 2.84. The van der Waals surface area contributed by atoms with Crippen LogP contribution in [0.2, 0.25) is 0 Å². The molecular formula is C17H19NO5S.